The highest BCUT2D eigenvalue weighted by Crippen LogP contribution is 2.35. The highest BCUT2D eigenvalue weighted by Gasteiger charge is 2.42. The Bertz CT molecular complexity index is 719. The first kappa shape index (κ1) is 19.4. The van der Waals surface area contributed by atoms with Gasteiger partial charge in [0.25, 0.3) is 0 Å². The molecule has 1 saturated carbocycles. The second-order valence-electron chi connectivity index (χ2n) is 7.80. The van der Waals surface area contributed by atoms with Crippen LogP contribution in [-0.2, 0) is 25.8 Å². The molecule has 2 fully saturated rings. The highest BCUT2D eigenvalue weighted by atomic mass is 32.2. The monoisotopic (exact) mass is 379 g/mol. The van der Waals surface area contributed by atoms with Gasteiger partial charge in [-0.15, -0.1) is 0 Å². The van der Waals surface area contributed by atoms with Crippen LogP contribution in [0, 0.1) is 11.8 Å². The molecular formula is C20H29NO4S. The van der Waals surface area contributed by atoms with E-state index >= 15 is 0 Å². The number of hydrogen-bond donors (Lipinski definition) is 0. The maximum absolute atomic E-state index is 13.0. The second-order valence-corrected chi connectivity index (χ2v) is 9.98. The van der Waals surface area contributed by atoms with E-state index in [-0.39, 0.29) is 35.6 Å². The number of hydrogen-bond acceptors (Lipinski definition) is 4. The number of amides is 1. The Kier molecular flexibility index (Phi) is 6.03. The van der Waals surface area contributed by atoms with Crippen molar-refractivity contribution in [3.8, 4) is 0 Å². The Balaban J connectivity index is 1.71. The molecule has 0 spiro atoms. The number of nitrogens with zero attached hydrogens (tertiary/aromatic N) is 1. The standard InChI is InChI=1S/C20H29NO4S/c1-25-18-8-9-19(17(13-18)14-26(2,23)24)21-11-10-16(20(21)22)12-15-6-4-3-5-7-15/h3-7,16-19H,8-14H2,1-2H3/t16-,17+,18-,19+/m1/s1. The third-order valence-electron chi connectivity index (χ3n) is 5.82. The van der Waals surface area contributed by atoms with Crippen LogP contribution >= 0.6 is 0 Å². The molecule has 1 aromatic carbocycles. The third-order valence-corrected chi connectivity index (χ3v) is 6.85. The quantitative estimate of drug-likeness (QED) is 0.761. The fourth-order valence-electron chi connectivity index (χ4n) is 4.58. The smallest absolute Gasteiger partial charge is 0.226 e. The molecule has 0 aromatic heterocycles. The van der Waals surface area contributed by atoms with Crippen molar-refractivity contribution in [1.82, 2.24) is 4.90 Å². The minimum Gasteiger partial charge on any atom is -0.381 e. The van der Waals surface area contributed by atoms with Crippen molar-refractivity contribution in [2.24, 2.45) is 11.8 Å². The van der Waals surface area contributed by atoms with Crippen molar-refractivity contribution in [3.63, 3.8) is 0 Å². The summed E-state index contributed by atoms with van der Waals surface area (Å²) >= 11 is 0. The Labute approximate surface area is 156 Å². The fourth-order valence-corrected chi connectivity index (χ4v) is 5.71. The summed E-state index contributed by atoms with van der Waals surface area (Å²) in [6.45, 7) is 0.735. The zero-order valence-corrected chi connectivity index (χ0v) is 16.5. The minimum absolute atomic E-state index is 0.0106. The summed E-state index contributed by atoms with van der Waals surface area (Å²) in [7, 11) is -1.41. The summed E-state index contributed by atoms with van der Waals surface area (Å²) in [6.07, 6.45) is 5.41. The molecule has 6 heteroatoms. The lowest BCUT2D eigenvalue weighted by atomic mass is 9.83. The molecule has 1 heterocycles. The molecular weight excluding hydrogens is 350 g/mol. The van der Waals surface area contributed by atoms with Gasteiger partial charge in [-0.25, -0.2) is 8.42 Å². The molecule has 1 aromatic rings. The van der Waals surface area contributed by atoms with E-state index in [9.17, 15) is 13.2 Å². The van der Waals surface area contributed by atoms with E-state index in [1.54, 1.807) is 7.11 Å². The molecule has 0 bridgehead atoms. The maximum atomic E-state index is 13.0. The first-order valence-electron chi connectivity index (χ1n) is 9.42. The van der Waals surface area contributed by atoms with Crippen molar-refractivity contribution in [2.75, 3.05) is 25.7 Å². The molecule has 0 N–H and O–H groups in total. The lowest BCUT2D eigenvalue weighted by molar-refractivity contribution is -0.135. The minimum atomic E-state index is -3.09. The third kappa shape index (κ3) is 4.65. The first-order chi connectivity index (χ1) is 12.4. The fraction of sp³-hybridized carbons (Fsp3) is 0.650. The zero-order chi connectivity index (χ0) is 18.7. The van der Waals surface area contributed by atoms with E-state index in [0.717, 1.165) is 32.2 Å². The van der Waals surface area contributed by atoms with Gasteiger partial charge in [0, 0.05) is 31.9 Å². The molecule has 5 nitrogen and oxygen atoms in total. The summed E-state index contributed by atoms with van der Waals surface area (Å²) in [5.41, 5.74) is 1.18. The lowest BCUT2D eigenvalue weighted by Crippen LogP contribution is -2.48. The average Bonchev–Trinajstić information content (AvgIpc) is 2.95. The van der Waals surface area contributed by atoms with Crippen LogP contribution in [0.15, 0.2) is 30.3 Å². The molecule has 1 amide bonds. The van der Waals surface area contributed by atoms with Gasteiger partial charge in [-0.3, -0.25) is 4.79 Å². The highest BCUT2D eigenvalue weighted by molar-refractivity contribution is 7.90. The first-order valence-corrected chi connectivity index (χ1v) is 11.5. The largest absolute Gasteiger partial charge is 0.381 e. The molecule has 3 rings (SSSR count). The molecule has 4 atom stereocenters. The van der Waals surface area contributed by atoms with E-state index in [4.69, 9.17) is 4.74 Å². The van der Waals surface area contributed by atoms with Gasteiger partial charge < -0.3 is 9.64 Å². The van der Waals surface area contributed by atoms with Crippen LogP contribution in [0.1, 0.15) is 31.2 Å². The van der Waals surface area contributed by atoms with Gasteiger partial charge in [-0.1, -0.05) is 30.3 Å². The van der Waals surface area contributed by atoms with Gasteiger partial charge in [-0.05, 0) is 43.6 Å². The molecule has 0 radical (unpaired) electrons. The number of likely N-dealkylation sites (tertiary alicyclic amines) is 1. The Morgan fingerprint density at radius 3 is 2.54 bits per heavy atom. The van der Waals surface area contributed by atoms with Crippen LogP contribution in [0.3, 0.4) is 0 Å². The Morgan fingerprint density at radius 2 is 1.88 bits per heavy atom. The van der Waals surface area contributed by atoms with E-state index < -0.39 is 9.84 Å². The molecule has 1 aliphatic carbocycles. The van der Waals surface area contributed by atoms with Crippen LogP contribution in [-0.4, -0.2) is 57.0 Å². The zero-order valence-electron chi connectivity index (χ0n) is 15.6. The van der Waals surface area contributed by atoms with Gasteiger partial charge >= 0.3 is 0 Å². The van der Waals surface area contributed by atoms with Crippen molar-refractivity contribution in [1.29, 1.82) is 0 Å². The summed E-state index contributed by atoms with van der Waals surface area (Å²) in [6, 6.07) is 10.1. The molecule has 1 saturated heterocycles. The summed E-state index contributed by atoms with van der Waals surface area (Å²) in [5.74, 6) is 0.290. The van der Waals surface area contributed by atoms with Crippen molar-refractivity contribution in [3.05, 3.63) is 35.9 Å². The van der Waals surface area contributed by atoms with E-state index in [2.05, 4.69) is 12.1 Å². The lowest BCUT2D eigenvalue weighted by Gasteiger charge is -2.40. The number of sulfone groups is 1. The van der Waals surface area contributed by atoms with Crippen LogP contribution in [0.5, 0.6) is 0 Å². The van der Waals surface area contributed by atoms with Crippen LogP contribution in [0.4, 0.5) is 0 Å². The van der Waals surface area contributed by atoms with E-state index in [1.807, 2.05) is 23.1 Å². The van der Waals surface area contributed by atoms with E-state index in [0.29, 0.717) is 6.42 Å². The van der Waals surface area contributed by atoms with Gasteiger partial charge in [0.1, 0.15) is 9.84 Å². The van der Waals surface area contributed by atoms with E-state index in [1.165, 1.54) is 11.8 Å². The van der Waals surface area contributed by atoms with Gasteiger partial charge in [0.2, 0.25) is 5.91 Å². The Morgan fingerprint density at radius 1 is 1.15 bits per heavy atom. The van der Waals surface area contributed by atoms with Gasteiger partial charge in [0.15, 0.2) is 0 Å². The SMILES string of the molecule is CO[C@@H]1CC[C@H](N2CC[C@H](Cc3ccccc3)C2=O)[C@H](CS(C)(=O)=O)C1. The number of ether oxygens (including phenoxy) is 1. The molecule has 26 heavy (non-hydrogen) atoms. The summed E-state index contributed by atoms with van der Waals surface area (Å²) in [4.78, 5) is 15.0. The van der Waals surface area contributed by atoms with Crippen LogP contribution < -0.4 is 0 Å². The number of rotatable bonds is 6. The van der Waals surface area contributed by atoms with Crippen LogP contribution in [0.2, 0.25) is 0 Å². The normalized spacial score (nSPS) is 29.9. The summed E-state index contributed by atoms with van der Waals surface area (Å²) < 4.78 is 29.3. The number of carbonyl (C=O) groups excluding carboxylic acids is 1. The predicted octanol–water partition coefficient (Wildman–Crippen LogP) is 2.31. The van der Waals surface area contributed by atoms with Crippen LogP contribution in [0.25, 0.3) is 0 Å². The maximum Gasteiger partial charge on any atom is 0.226 e. The summed E-state index contributed by atoms with van der Waals surface area (Å²) in [5, 5.41) is 0. The van der Waals surface area contributed by atoms with Crippen molar-refractivity contribution in [2.45, 2.75) is 44.2 Å². The molecule has 2 aliphatic rings. The predicted molar refractivity (Wildman–Crippen MR) is 102 cm³/mol. The van der Waals surface area contributed by atoms with Gasteiger partial charge in [-0.2, -0.15) is 0 Å². The average molecular weight is 380 g/mol. The topological polar surface area (TPSA) is 63.7 Å². The number of carbonyl (C=O) groups is 1. The van der Waals surface area contributed by atoms with Gasteiger partial charge in [0.05, 0.1) is 11.9 Å². The van der Waals surface area contributed by atoms with Crippen molar-refractivity contribution >= 4 is 15.7 Å². The van der Waals surface area contributed by atoms with Crippen molar-refractivity contribution < 1.29 is 17.9 Å². The molecule has 1 aliphatic heterocycles. The molecule has 144 valence electrons. The number of benzene rings is 1. The molecule has 0 unspecified atom stereocenters. The Hall–Kier alpha value is -1.40. The number of methoxy groups -OCH3 is 1. The second kappa shape index (κ2) is 8.09.